The number of quaternary nitrogens is 1. The lowest BCUT2D eigenvalue weighted by Crippen LogP contribution is -2.83. The first-order valence-corrected chi connectivity index (χ1v) is 6.42. The lowest BCUT2D eigenvalue weighted by Gasteiger charge is -2.13. The van der Waals surface area contributed by atoms with Crippen LogP contribution in [0.3, 0.4) is 0 Å². The molecule has 0 radical (unpaired) electrons. The number of carbonyl (C=O) groups excluding carboxylic acids is 1. The van der Waals surface area contributed by atoms with Crippen molar-refractivity contribution in [3.05, 3.63) is 65.7 Å². The number of nitrogens with two attached hydrogens (primary N) is 1. The largest absolute Gasteiger partial charge is 0.335 e. The molecule has 2 aromatic rings. The van der Waals surface area contributed by atoms with Gasteiger partial charge in [-0.1, -0.05) is 48.0 Å². The van der Waals surface area contributed by atoms with Crippen molar-refractivity contribution < 1.29 is 10.1 Å². The fourth-order valence-corrected chi connectivity index (χ4v) is 2.01. The normalized spacial score (nSPS) is 11.9. The minimum atomic E-state index is -0.220. The lowest BCUT2D eigenvalue weighted by atomic mass is 10.1. The molecule has 0 saturated heterocycles. The molecular formula is C16H19N2O+. The molecule has 1 amide bonds. The standard InChI is InChI=1S/C16H18N2O/c1-12-8-10-14(11-9-12)18-16(19)15(17-2)13-6-4-3-5-7-13/h3-11,15,17H,1-2H3,(H,18,19)/p+1/t15-/m0/s1. The fraction of sp³-hybridized carbons (Fsp3) is 0.188. The minimum absolute atomic E-state index is 0.00227. The number of aryl methyl sites for hydroxylation is 1. The number of amides is 1. The topological polar surface area (TPSA) is 45.7 Å². The van der Waals surface area contributed by atoms with Crippen molar-refractivity contribution in [2.24, 2.45) is 0 Å². The van der Waals surface area contributed by atoms with Gasteiger partial charge in [-0.15, -0.1) is 0 Å². The monoisotopic (exact) mass is 255 g/mol. The molecule has 0 aromatic heterocycles. The van der Waals surface area contributed by atoms with Crippen LogP contribution >= 0.6 is 0 Å². The van der Waals surface area contributed by atoms with E-state index in [0.717, 1.165) is 11.3 Å². The van der Waals surface area contributed by atoms with Crippen LogP contribution in [0.15, 0.2) is 54.6 Å². The van der Waals surface area contributed by atoms with Crippen molar-refractivity contribution in [1.82, 2.24) is 0 Å². The Balaban J connectivity index is 2.11. The van der Waals surface area contributed by atoms with Crippen LogP contribution in [0.25, 0.3) is 0 Å². The molecule has 0 fully saturated rings. The van der Waals surface area contributed by atoms with Crippen molar-refractivity contribution in [2.75, 3.05) is 12.4 Å². The van der Waals surface area contributed by atoms with E-state index in [9.17, 15) is 4.79 Å². The fourth-order valence-electron chi connectivity index (χ4n) is 2.01. The summed E-state index contributed by atoms with van der Waals surface area (Å²) < 4.78 is 0. The highest BCUT2D eigenvalue weighted by atomic mass is 16.2. The van der Waals surface area contributed by atoms with E-state index in [1.807, 2.05) is 73.9 Å². The molecule has 0 aliphatic heterocycles. The van der Waals surface area contributed by atoms with Crippen molar-refractivity contribution in [3.8, 4) is 0 Å². The number of anilines is 1. The Labute approximate surface area is 113 Å². The van der Waals surface area contributed by atoms with E-state index in [-0.39, 0.29) is 11.9 Å². The van der Waals surface area contributed by atoms with E-state index < -0.39 is 0 Å². The van der Waals surface area contributed by atoms with Gasteiger partial charge in [0, 0.05) is 11.3 Å². The lowest BCUT2D eigenvalue weighted by molar-refractivity contribution is -0.656. The maximum absolute atomic E-state index is 12.3. The second kappa shape index (κ2) is 6.16. The molecule has 3 N–H and O–H groups in total. The zero-order valence-electron chi connectivity index (χ0n) is 11.3. The zero-order valence-corrected chi connectivity index (χ0v) is 11.3. The molecule has 0 unspecified atom stereocenters. The molecule has 2 rings (SSSR count). The van der Waals surface area contributed by atoms with E-state index >= 15 is 0 Å². The summed E-state index contributed by atoms with van der Waals surface area (Å²) in [5, 5.41) is 4.86. The average molecular weight is 255 g/mol. The Morgan fingerprint density at radius 1 is 1.05 bits per heavy atom. The highest BCUT2D eigenvalue weighted by Crippen LogP contribution is 2.13. The van der Waals surface area contributed by atoms with Gasteiger partial charge < -0.3 is 10.6 Å². The van der Waals surface area contributed by atoms with Gasteiger partial charge in [-0.2, -0.15) is 0 Å². The molecule has 0 aliphatic carbocycles. The summed E-state index contributed by atoms with van der Waals surface area (Å²) in [5.74, 6) is -0.00227. The number of benzene rings is 2. The average Bonchev–Trinajstić information content (AvgIpc) is 2.43. The number of likely N-dealkylation sites (N-methyl/N-ethyl adjacent to an activating group) is 1. The quantitative estimate of drug-likeness (QED) is 0.860. The van der Waals surface area contributed by atoms with Crippen LogP contribution in [0, 0.1) is 6.92 Å². The molecular weight excluding hydrogens is 236 g/mol. The summed E-state index contributed by atoms with van der Waals surface area (Å²) in [4.78, 5) is 12.3. The van der Waals surface area contributed by atoms with Crippen molar-refractivity contribution in [1.29, 1.82) is 0 Å². The summed E-state index contributed by atoms with van der Waals surface area (Å²) >= 11 is 0. The molecule has 0 spiro atoms. The van der Waals surface area contributed by atoms with E-state index in [0.29, 0.717) is 0 Å². The smallest absolute Gasteiger partial charge is 0.287 e. The Morgan fingerprint density at radius 2 is 1.68 bits per heavy atom. The molecule has 2 aromatic carbocycles. The van der Waals surface area contributed by atoms with E-state index in [1.165, 1.54) is 5.56 Å². The Kier molecular flexibility index (Phi) is 4.31. The third-order valence-corrected chi connectivity index (χ3v) is 3.09. The molecule has 19 heavy (non-hydrogen) atoms. The van der Waals surface area contributed by atoms with Crippen molar-refractivity contribution in [2.45, 2.75) is 13.0 Å². The first-order chi connectivity index (χ1) is 9.20. The molecule has 0 bridgehead atoms. The van der Waals surface area contributed by atoms with Crippen molar-refractivity contribution in [3.63, 3.8) is 0 Å². The summed E-state index contributed by atoms with van der Waals surface area (Å²) in [6.45, 7) is 2.03. The van der Waals surface area contributed by atoms with Gasteiger partial charge in [-0.3, -0.25) is 4.79 Å². The molecule has 3 nitrogen and oxygen atoms in total. The van der Waals surface area contributed by atoms with Crippen LogP contribution in [0.2, 0.25) is 0 Å². The third-order valence-electron chi connectivity index (χ3n) is 3.09. The van der Waals surface area contributed by atoms with Gasteiger partial charge in [0.25, 0.3) is 5.91 Å². The third kappa shape index (κ3) is 3.42. The summed E-state index contributed by atoms with van der Waals surface area (Å²) in [6, 6.07) is 17.4. The van der Waals surface area contributed by atoms with Crippen LogP contribution in [0.4, 0.5) is 5.69 Å². The van der Waals surface area contributed by atoms with Crippen LogP contribution in [-0.2, 0) is 4.79 Å². The highest BCUT2D eigenvalue weighted by Gasteiger charge is 2.21. The van der Waals surface area contributed by atoms with Crippen LogP contribution in [0.1, 0.15) is 17.2 Å². The number of rotatable bonds is 4. The van der Waals surface area contributed by atoms with Gasteiger partial charge in [0.1, 0.15) is 0 Å². The first kappa shape index (κ1) is 13.3. The van der Waals surface area contributed by atoms with Crippen molar-refractivity contribution >= 4 is 11.6 Å². The number of hydrogen-bond acceptors (Lipinski definition) is 1. The second-order valence-electron chi connectivity index (χ2n) is 4.58. The van der Waals surface area contributed by atoms with Gasteiger partial charge in [0.05, 0.1) is 7.05 Å². The zero-order chi connectivity index (χ0) is 13.7. The maximum Gasteiger partial charge on any atom is 0.287 e. The molecule has 98 valence electrons. The number of carbonyl (C=O) groups is 1. The van der Waals surface area contributed by atoms with Crippen LogP contribution < -0.4 is 10.6 Å². The van der Waals surface area contributed by atoms with Crippen LogP contribution in [0.5, 0.6) is 0 Å². The summed E-state index contributed by atoms with van der Waals surface area (Å²) in [5.41, 5.74) is 3.02. The number of nitrogens with one attached hydrogen (secondary N) is 1. The van der Waals surface area contributed by atoms with Gasteiger partial charge in [0.2, 0.25) is 0 Å². The van der Waals surface area contributed by atoms with Gasteiger partial charge in [-0.05, 0) is 19.1 Å². The first-order valence-electron chi connectivity index (χ1n) is 6.42. The molecule has 0 aliphatic rings. The number of hydrogen-bond donors (Lipinski definition) is 2. The van der Waals surface area contributed by atoms with Gasteiger partial charge >= 0.3 is 0 Å². The molecule has 3 heteroatoms. The summed E-state index contributed by atoms with van der Waals surface area (Å²) in [6.07, 6.45) is 0. The van der Waals surface area contributed by atoms with Crippen LogP contribution in [-0.4, -0.2) is 13.0 Å². The summed E-state index contributed by atoms with van der Waals surface area (Å²) in [7, 11) is 1.91. The Bertz CT molecular complexity index is 534. The highest BCUT2D eigenvalue weighted by molar-refractivity contribution is 5.94. The molecule has 1 atom stereocenters. The maximum atomic E-state index is 12.3. The SMILES string of the molecule is C[NH2+][C@H](C(=O)Nc1ccc(C)cc1)c1ccccc1. The Morgan fingerprint density at radius 3 is 2.26 bits per heavy atom. The van der Waals surface area contributed by atoms with Gasteiger partial charge in [0.15, 0.2) is 6.04 Å². The second-order valence-corrected chi connectivity index (χ2v) is 4.58. The molecule has 0 saturated carbocycles. The van der Waals surface area contributed by atoms with E-state index in [1.54, 1.807) is 0 Å². The minimum Gasteiger partial charge on any atom is -0.335 e. The van der Waals surface area contributed by atoms with Gasteiger partial charge in [-0.25, -0.2) is 0 Å². The molecule has 0 heterocycles. The Hall–Kier alpha value is -2.13. The predicted octanol–water partition coefficient (Wildman–Crippen LogP) is 1.87. The predicted molar refractivity (Wildman–Crippen MR) is 76.8 cm³/mol. The van der Waals surface area contributed by atoms with E-state index in [2.05, 4.69) is 5.32 Å². The van der Waals surface area contributed by atoms with E-state index in [4.69, 9.17) is 0 Å².